The molecule has 1 nitrogen and oxygen atoms in total. The summed E-state index contributed by atoms with van der Waals surface area (Å²) in [7, 11) is 0. The number of aldehydes is 1. The third kappa shape index (κ3) is 2.38. The molecular weight excluding hydrogens is 88.1 g/mol. The second kappa shape index (κ2) is 2.10. The number of hydrogen-bond acceptors (Lipinski definition) is 1. The fourth-order valence-corrected chi connectivity index (χ4v) is 0.0833. The third-order valence-electron chi connectivity index (χ3n) is 1.23. The van der Waals surface area contributed by atoms with Crippen LogP contribution in [0, 0.1) is 5.41 Å². The molecule has 0 bridgehead atoms. The smallest absolute Gasteiger partial charge is 0.125 e. The average Bonchev–Trinajstić information content (AvgIpc) is 1.68. The summed E-state index contributed by atoms with van der Waals surface area (Å²) in [5, 5.41) is 0. The van der Waals surface area contributed by atoms with Crippen molar-refractivity contribution in [2.24, 2.45) is 5.41 Å². The standard InChI is InChI=1S/C6H12O/c1-4-6(2,3)5-7/h5H,4H2,1-3H3. The number of hydrogen-bond donors (Lipinski definition) is 0. The first-order valence-corrected chi connectivity index (χ1v) is 2.59. The lowest BCUT2D eigenvalue weighted by atomic mass is 9.93. The summed E-state index contributed by atoms with van der Waals surface area (Å²) >= 11 is 0. The maximum absolute atomic E-state index is 10.1. The van der Waals surface area contributed by atoms with Gasteiger partial charge in [0.2, 0.25) is 0 Å². The van der Waals surface area contributed by atoms with Crippen LogP contribution in [0.4, 0.5) is 0 Å². The fraction of sp³-hybridized carbons (Fsp3) is 0.833. The monoisotopic (exact) mass is 100 g/mol. The van der Waals surface area contributed by atoms with Crippen LogP contribution in [0.3, 0.4) is 0 Å². The molecule has 0 rings (SSSR count). The van der Waals surface area contributed by atoms with E-state index in [-0.39, 0.29) is 5.41 Å². The zero-order valence-corrected chi connectivity index (χ0v) is 5.19. The van der Waals surface area contributed by atoms with Gasteiger partial charge in [0.1, 0.15) is 6.29 Å². The van der Waals surface area contributed by atoms with E-state index in [0.717, 1.165) is 12.7 Å². The Morgan fingerprint density at radius 2 is 2.00 bits per heavy atom. The first-order valence-electron chi connectivity index (χ1n) is 2.59. The molecule has 0 heterocycles. The Morgan fingerprint density at radius 1 is 1.57 bits per heavy atom. The predicted octanol–water partition coefficient (Wildman–Crippen LogP) is 1.62. The van der Waals surface area contributed by atoms with Gasteiger partial charge in [0, 0.05) is 5.41 Å². The molecule has 0 saturated heterocycles. The number of carbonyl (C=O) groups is 1. The lowest BCUT2D eigenvalue weighted by Gasteiger charge is -2.10. The van der Waals surface area contributed by atoms with E-state index in [1.807, 2.05) is 20.8 Å². The van der Waals surface area contributed by atoms with E-state index >= 15 is 0 Å². The van der Waals surface area contributed by atoms with Gasteiger partial charge in [-0.15, -0.1) is 0 Å². The number of carbonyl (C=O) groups excluding carboxylic acids is 1. The van der Waals surface area contributed by atoms with Crippen LogP contribution in [-0.4, -0.2) is 6.29 Å². The van der Waals surface area contributed by atoms with Gasteiger partial charge in [-0.1, -0.05) is 20.8 Å². The van der Waals surface area contributed by atoms with E-state index < -0.39 is 0 Å². The molecule has 0 aliphatic carbocycles. The Bertz CT molecular complexity index is 64.6. The molecule has 0 atom stereocenters. The van der Waals surface area contributed by atoms with E-state index in [1.54, 1.807) is 0 Å². The molecule has 0 aromatic heterocycles. The highest BCUT2D eigenvalue weighted by Crippen LogP contribution is 2.14. The molecule has 0 unspecified atom stereocenters. The van der Waals surface area contributed by atoms with Crippen molar-refractivity contribution < 1.29 is 4.79 Å². The minimum atomic E-state index is -0.0972. The summed E-state index contributed by atoms with van der Waals surface area (Å²) in [4.78, 5) is 10.1. The van der Waals surface area contributed by atoms with Gasteiger partial charge in [-0.2, -0.15) is 0 Å². The van der Waals surface area contributed by atoms with Crippen LogP contribution >= 0.6 is 0 Å². The molecule has 0 aromatic rings. The van der Waals surface area contributed by atoms with Crippen molar-refractivity contribution in [2.75, 3.05) is 0 Å². The Hall–Kier alpha value is -0.330. The normalized spacial score (nSPS) is 11.3. The quantitative estimate of drug-likeness (QED) is 0.482. The summed E-state index contributed by atoms with van der Waals surface area (Å²) < 4.78 is 0. The van der Waals surface area contributed by atoms with Crippen LogP contribution in [0.5, 0.6) is 0 Å². The van der Waals surface area contributed by atoms with E-state index in [4.69, 9.17) is 0 Å². The van der Waals surface area contributed by atoms with Crippen molar-refractivity contribution in [1.82, 2.24) is 0 Å². The maximum Gasteiger partial charge on any atom is 0.125 e. The van der Waals surface area contributed by atoms with Gasteiger partial charge >= 0.3 is 0 Å². The predicted molar refractivity (Wildman–Crippen MR) is 30.1 cm³/mol. The van der Waals surface area contributed by atoms with E-state index in [9.17, 15) is 4.79 Å². The van der Waals surface area contributed by atoms with Crippen LogP contribution < -0.4 is 0 Å². The van der Waals surface area contributed by atoms with E-state index in [2.05, 4.69) is 0 Å². The Kier molecular flexibility index (Phi) is 2.00. The molecule has 0 saturated carbocycles. The summed E-state index contributed by atoms with van der Waals surface area (Å²) in [6.07, 6.45) is 1.92. The molecule has 0 radical (unpaired) electrons. The Balaban J connectivity index is 3.58. The van der Waals surface area contributed by atoms with Crippen molar-refractivity contribution >= 4 is 6.29 Å². The maximum atomic E-state index is 10.1. The van der Waals surface area contributed by atoms with Gasteiger partial charge in [-0.3, -0.25) is 0 Å². The highest BCUT2D eigenvalue weighted by molar-refractivity contribution is 5.57. The van der Waals surface area contributed by atoms with E-state index in [0.29, 0.717) is 0 Å². The minimum absolute atomic E-state index is 0.0972. The van der Waals surface area contributed by atoms with Crippen molar-refractivity contribution in [2.45, 2.75) is 27.2 Å². The minimum Gasteiger partial charge on any atom is -0.303 e. The summed E-state index contributed by atoms with van der Waals surface area (Å²) in [6, 6.07) is 0. The van der Waals surface area contributed by atoms with Crippen molar-refractivity contribution in [3.05, 3.63) is 0 Å². The summed E-state index contributed by atoms with van der Waals surface area (Å²) in [5.41, 5.74) is -0.0972. The van der Waals surface area contributed by atoms with Gasteiger partial charge in [-0.05, 0) is 6.42 Å². The molecule has 0 amide bonds. The van der Waals surface area contributed by atoms with Gasteiger partial charge in [0.05, 0.1) is 0 Å². The highest BCUT2D eigenvalue weighted by Gasteiger charge is 2.11. The molecule has 0 aliphatic heterocycles. The molecule has 1 heteroatoms. The molecule has 0 spiro atoms. The van der Waals surface area contributed by atoms with Gasteiger partial charge in [-0.25, -0.2) is 0 Å². The van der Waals surface area contributed by atoms with Crippen LogP contribution in [0.1, 0.15) is 27.2 Å². The van der Waals surface area contributed by atoms with Gasteiger partial charge in [0.25, 0.3) is 0 Å². The van der Waals surface area contributed by atoms with Crippen LogP contribution in [-0.2, 0) is 4.79 Å². The largest absolute Gasteiger partial charge is 0.303 e. The van der Waals surface area contributed by atoms with Crippen molar-refractivity contribution in [3.8, 4) is 0 Å². The average molecular weight is 100 g/mol. The van der Waals surface area contributed by atoms with Crippen LogP contribution in [0.15, 0.2) is 0 Å². The number of rotatable bonds is 2. The van der Waals surface area contributed by atoms with Crippen molar-refractivity contribution in [1.29, 1.82) is 0 Å². The van der Waals surface area contributed by atoms with Crippen molar-refractivity contribution in [3.63, 3.8) is 0 Å². The zero-order chi connectivity index (χ0) is 5.91. The highest BCUT2D eigenvalue weighted by atomic mass is 16.1. The Morgan fingerprint density at radius 3 is 2.00 bits per heavy atom. The topological polar surface area (TPSA) is 17.1 Å². The van der Waals surface area contributed by atoms with Gasteiger partial charge in [0.15, 0.2) is 0 Å². The Labute approximate surface area is 44.7 Å². The lowest BCUT2D eigenvalue weighted by Crippen LogP contribution is -2.09. The van der Waals surface area contributed by atoms with Crippen LogP contribution in [0.25, 0.3) is 0 Å². The molecule has 0 N–H and O–H groups in total. The first kappa shape index (κ1) is 6.67. The molecule has 42 valence electrons. The lowest BCUT2D eigenvalue weighted by molar-refractivity contribution is -0.114. The third-order valence-corrected chi connectivity index (χ3v) is 1.23. The zero-order valence-electron chi connectivity index (χ0n) is 5.19. The molecule has 7 heavy (non-hydrogen) atoms. The fourth-order valence-electron chi connectivity index (χ4n) is 0.0833. The second-order valence-electron chi connectivity index (χ2n) is 2.46. The SMILES string of the molecule is CCC(C)(C)C=O. The first-order chi connectivity index (χ1) is 3.12. The summed E-state index contributed by atoms with van der Waals surface area (Å²) in [5.74, 6) is 0. The second-order valence-corrected chi connectivity index (χ2v) is 2.46. The van der Waals surface area contributed by atoms with Gasteiger partial charge < -0.3 is 4.79 Å². The molecular formula is C6H12O. The molecule has 0 fully saturated rings. The van der Waals surface area contributed by atoms with E-state index in [1.165, 1.54) is 0 Å². The van der Waals surface area contributed by atoms with Crippen LogP contribution in [0.2, 0.25) is 0 Å². The molecule has 0 aliphatic rings. The summed E-state index contributed by atoms with van der Waals surface area (Å²) in [6.45, 7) is 5.87. The molecule has 0 aromatic carbocycles.